The first-order valence-electron chi connectivity index (χ1n) is 15.2. The number of ether oxygens (including phenoxy) is 1. The Labute approximate surface area is 312 Å². The minimum absolute atomic E-state index is 0.182. The Hall–Kier alpha value is -5.65. The highest BCUT2D eigenvalue weighted by Crippen LogP contribution is 2.46. The van der Waals surface area contributed by atoms with Gasteiger partial charge in [0, 0.05) is 32.5 Å². The number of rotatable bonds is 11. The lowest BCUT2D eigenvalue weighted by molar-refractivity contribution is -0.358. The lowest BCUT2D eigenvalue weighted by Crippen LogP contribution is -2.54. The van der Waals surface area contributed by atoms with Gasteiger partial charge in [-0.2, -0.15) is 45.1 Å². The van der Waals surface area contributed by atoms with Gasteiger partial charge in [0.05, 0.1) is 39.3 Å². The number of hydrogen-bond acceptors (Lipinski definition) is 9. The second-order valence-electron chi connectivity index (χ2n) is 12.0. The molecular weight excluding hydrogens is 821 g/mol. The smallest absolute Gasteiger partial charge is 0.460 e. The van der Waals surface area contributed by atoms with Crippen molar-refractivity contribution < 1.29 is 67.4 Å². The molecule has 2 amide bonds. The van der Waals surface area contributed by atoms with Crippen LogP contribution in [-0.2, 0) is 28.3 Å². The minimum atomic E-state index is -6.67. The second-order valence-corrected chi connectivity index (χ2v) is 14.2. The fourth-order valence-electron chi connectivity index (χ4n) is 5.60. The van der Waals surface area contributed by atoms with E-state index < -0.39 is 105 Å². The van der Waals surface area contributed by atoms with E-state index in [1.807, 2.05) is 5.32 Å². The van der Waals surface area contributed by atoms with Crippen LogP contribution in [0.2, 0.25) is 5.02 Å². The molecule has 0 saturated heterocycles. The zero-order valence-corrected chi connectivity index (χ0v) is 29.9. The summed E-state index contributed by atoms with van der Waals surface area (Å²) in [6.45, 7) is -1.66. The molecule has 0 saturated carbocycles. The summed E-state index contributed by atoms with van der Waals surface area (Å²) in [7, 11) is -3.12. The van der Waals surface area contributed by atoms with Crippen LogP contribution >= 0.6 is 11.6 Å². The third-order valence-electron chi connectivity index (χ3n) is 7.87. The molecule has 0 unspecified atom stereocenters. The van der Waals surface area contributed by atoms with Crippen LogP contribution in [0.3, 0.4) is 0 Å². The molecule has 2 aromatic carbocycles. The van der Waals surface area contributed by atoms with Crippen LogP contribution in [0.25, 0.3) is 27.6 Å². The minimum Gasteiger partial charge on any atom is -0.471 e. The van der Waals surface area contributed by atoms with E-state index in [9.17, 15) is 67.4 Å². The van der Waals surface area contributed by atoms with Crippen molar-refractivity contribution >= 4 is 61.4 Å². The van der Waals surface area contributed by atoms with Crippen LogP contribution in [0, 0.1) is 11.6 Å². The standard InChI is InChI=1S/C31H23ClF9N7O7S/c1-13(49)48(56(3,53)54)26-22-18(32)5-6-20(23(22)46(2)45-26)47-25(19(42-28(51)52)10-14-8-15(33)11-16(34)9-14)44-24-17(27(47)50)4-7-21(43-24)55-12-29(35,36)30(37,38)31(39,40)41/h4-9,11,19,42H,10,12H2,1-3H3,(H,51,52)/t19-/m0/s1. The zero-order valence-electron chi connectivity index (χ0n) is 28.3. The summed E-state index contributed by atoms with van der Waals surface area (Å²) in [4.78, 5) is 46.9. The van der Waals surface area contributed by atoms with Crippen molar-refractivity contribution in [2.75, 3.05) is 17.2 Å². The van der Waals surface area contributed by atoms with E-state index >= 15 is 0 Å². The number of carboxylic acid groups (broad SMARTS) is 1. The van der Waals surface area contributed by atoms with E-state index in [4.69, 9.17) is 11.6 Å². The highest BCUT2D eigenvalue weighted by atomic mass is 35.5. The monoisotopic (exact) mass is 843 g/mol. The van der Waals surface area contributed by atoms with Crippen molar-refractivity contribution in [1.82, 2.24) is 29.6 Å². The quantitative estimate of drug-likeness (QED) is 0.157. The van der Waals surface area contributed by atoms with Crippen LogP contribution < -0.4 is 19.9 Å². The SMILES string of the molecule is CC(=O)N(c1nn(C)c2c(-n3c([C@H](Cc4cc(F)cc(F)c4)NC(=O)O)nc4nc(OCC(F)(F)C(F)(F)C(F)(F)F)ccc4c3=O)ccc(Cl)c12)S(C)(=O)=O. The number of amides is 2. The van der Waals surface area contributed by atoms with E-state index in [1.165, 1.54) is 13.1 Å². The number of alkyl halides is 7. The van der Waals surface area contributed by atoms with Gasteiger partial charge in [-0.1, -0.05) is 11.6 Å². The molecule has 25 heteroatoms. The largest absolute Gasteiger partial charge is 0.471 e. The highest BCUT2D eigenvalue weighted by Gasteiger charge is 2.73. The predicted octanol–water partition coefficient (Wildman–Crippen LogP) is 5.67. The van der Waals surface area contributed by atoms with Gasteiger partial charge in [0.2, 0.25) is 21.8 Å². The molecule has 14 nitrogen and oxygen atoms in total. The third-order valence-corrected chi connectivity index (χ3v) is 9.28. The summed E-state index contributed by atoms with van der Waals surface area (Å²) in [6, 6.07) is 4.08. The summed E-state index contributed by atoms with van der Waals surface area (Å²) in [5.41, 5.74) is -2.62. The molecule has 0 aliphatic carbocycles. The lowest BCUT2D eigenvalue weighted by Gasteiger charge is -2.27. The summed E-state index contributed by atoms with van der Waals surface area (Å²) >= 11 is 6.47. The first-order valence-corrected chi connectivity index (χ1v) is 17.5. The number of anilines is 1. The average Bonchev–Trinajstić information content (AvgIpc) is 3.38. The van der Waals surface area contributed by atoms with Crippen LogP contribution in [0.4, 0.5) is 50.1 Å². The van der Waals surface area contributed by atoms with Gasteiger partial charge in [-0.05, 0) is 35.9 Å². The molecule has 0 spiro atoms. The number of nitrogens with one attached hydrogen (secondary N) is 1. The van der Waals surface area contributed by atoms with Crippen molar-refractivity contribution in [2.24, 2.45) is 7.05 Å². The van der Waals surface area contributed by atoms with Crippen molar-refractivity contribution in [3.8, 4) is 11.6 Å². The second kappa shape index (κ2) is 14.5. The van der Waals surface area contributed by atoms with Crippen LogP contribution in [0.15, 0.2) is 47.3 Å². The molecule has 0 bridgehead atoms. The van der Waals surface area contributed by atoms with Gasteiger partial charge in [-0.3, -0.25) is 18.8 Å². The molecule has 3 heterocycles. The van der Waals surface area contributed by atoms with E-state index in [2.05, 4.69) is 19.8 Å². The molecule has 5 aromatic rings. The molecule has 3 aromatic heterocycles. The van der Waals surface area contributed by atoms with Gasteiger partial charge in [-0.25, -0.2) is 27.0 Å². The van der Waals surface area contributed by atoms with Crippen molar-refractivity contribution in [3.05, 3.63) is 80.9 Å². The average molecular weight is 844 g/mol. The molecule has 1 atom stereocenters. The number of sulfonamides is 1. The molecule has 2 N–H and O–H groups in total. The fraction of sp³-hybridized carbons (Fsp3) is 0.290. The van der Waals surface area contributed by atoms with E-state index in [-0.39, 0.29) is 27.2 Å². The maximum atomic E-state index is 14.4. The Morgan fingerprint density at radius 2 is 1.64 bits per heavy atom. The van der Waals surface area contributed by atoms with Gasteiger partial charge in [0.25, 0.3) is 5.56 Å². The molecule has 0 radical (unpaired) electrons. The van der Waals surface area contributed by atoms with E-state index in [1.54, 1.807) is 0 Å². The molecular formula is C31H23ClF9N7O7S. The lowest BCUT2D eigenvalue weighted by atomic mass is 10.0. The first kappa shape index (κ1) is 41.5. The van der Waals surface area contributed by atoms with Crippen LogP contribution in [0.5, 0.6) is 5.88 Å². The summed E-state index contributed by atoms with van der Waals surface area (Å²) in [5.74, 6) is -17.8. The Balaban J connectivity index is 1.81. The third kappa shape index (κ3) is 7.74. The maximum Gasteiger partial charge on any atom is 0.460 e. The summed E-state index contributed by atoms with van der Waals surface area (Å²) in [5, 5.41) is 15.0. The first-order chi connectivity index (χ1) is 25.7. The Morgan fingerprint density at radius 1 is 1.02 bits per heavy atom. The molecule has 0 fully saturated rings. The Kier molecular flexibility index (Phi) is 10.7. The van der Waals surface area contributed by atoms with Crippen molar-refractivity contribution in [3.63, 3.8) is 0 Å². The number of carbonyl (C=O) groups excluding carboxylic acids is 1. The topological polar surface area (TPSA) is 179 Å². The number of carbonyl (C=O) groups is 2. The maximum absolute atomic E-state index is 14.4. The zero-order chi connectivity index (χ0) is 41.9. The number of aryl methyl sites for hydroxylation is 1. The van der Waals surface area contributed by atoms with E-state index in [0.717, 1.165) is 40.4 Å². The van der Waals surface area contributed by atoms with Gasteiger partial charge in [-0.15, -0.1) is 0 Å². The van der Waals surface area contributed by atoms with Crippen molar-refractivity contribution in [2.45, 2.75) is 37.4 Å². The number of nitrogens with zero attached hydrogens (tertiary/aromatic N) is 6. The summed E-state index contributed by atoms with van der Waals surface area (Å²) in [6.07, 6.45) is -8.45. The number of aromatic nitrogens is 5. The Morgan fingerprint density at radius 3 is 2.20 bits per heavy atom. The number of fused-ring (bicyclic) bond motifs is 2. The van der Waals surface area contributed by atoms with Crippen molar-refractivity contribution in [1.29, 1.82) is 0 Å². The predicted molar refractivity (Wildman–Crippen MR) is 178 cm³/mol. The van der Waals surface area contributed by atoms with Gasteiger partial charge < -0.3 is 15.2 Å². The number of hydrogen-bond donors (Lipinski definition) is 2. The van der Waals surface area contributed by atoms with Crippen LogP contribution in [0.1, 0.15) is 24.4 Å². The molecule has 56 heavy (non-hydrogen) atoms. The molecule has 300 valence electrons. The number of pyridine rings is 1. The normalized spacial score (nSPS) is 13.2. The molecule has 0 aliphatic heterocycles. The molecule has 5 rings (SSSR count). The van der Waals surface area contributed by atoms with Gasteiger partial charge in [0.15, 0.2) is 18.1 Å². The fourth-order valence-corrected chi connectivity index (χ4v) is 6.74. The summed E-state index contributed by atoms with van der Waals surface area (Å²) < 4.78 is 153. The van der Waals surface area contributed by atoms with Gasteiger partial charge >= 0.3 is 24.1 Å². The van der Waals surface area contributed by atoms with Crippen LogP contribution in [-0.4, -0.2) is 80.7 Å². The number of halogens is 10. The highest BCUT2D eigenvalue weighted by molar-refractivity contribution is 7.92. The van der Waals surface area contributed by atoms with E-state index in [0.29, 0.717) is 22.7 Å². The number of benzene rings is 2. The molecule has 0 aliphatic rings. The van der Waals surface area contributed by atoms with Gasteiger partial charge in [0.1, 0.15) is 17.5 Å². The Bertz CT molecular complexity index is 2560.